The van der Waals surface area contributed by atoms with E-state index in [-0.39, 0.29) is 0 Å². The van der Waals surface area contributed by atoms with Crippen LogP contribution < -0.4 is 0 Å². The number of unbranched alkanes of at least 4 members (excludes halogenated alkanes) is 12. The van der Waals surface area contributed by atoms with Crippen LogP contribution in [0.5, 0.6) is 0 Å². The van der Waals surface area contributed by atoms with Gasteiger partial charge in [-0.3, -0.25) is 0 Å². The van der Waals surface area contributed by atoms with E-state index in [9.17, 15) is 0 Å². The van der Waals surface area contributed by atoms with Gasteiger partial charge in [-0.1, -0.05) is 124 Å². The Morgan fingerprint density at radius 2 is 1.04 bits per heavy atom. The van der Waals surface area contributed by atoms with Crippen LogP contribution >= 0.6 is 0 Å². The van der Waals surface area contributed by atoms with E-state index in [1.54, 1.807) is 6.92 Å². The lowest BCUT2D eigenvalue weighted by molar-refractivity contribution is 0.296. The van der Waals surface area contributed by atoms with E-state index in [1.807, 2.05) is 0 Å². The average molecular weight is 356 g/mol. The molecule has 2 nitrogen and oxygen atoms in total. The van der Waals surface area contributed by atoms with Gasteiger partial charge in [0.1, 0.15) is 0 Å². The molecule has 0 fully saturated rings. The van der Waals surface area contributed by atoms with Crippen LogP contribution in [0.4, 0.5) is 0 Å². The summed E-state index contributed by atoms with van der Waals surface area (Å²) in [6.45, 7) is 10.4. The average Bonchev–Trinajstić information content (AvgIpc) is 2.63. The highest BCUT2D eigenvalue weighted by molar-refractivity contribution is 5.37. The first-order valence-corrected chi connectivity index (χ1v) is 11.3. The molecule has 0 unspecified atom stereocenters. The molecule has 0 saturated heterocycles. The molecule has 25 heavy (non-hydrogen) atoms. The third-order valence-corrected chi connectivity index (χ3v) is 5.07. The predicted molar refractivity (Wildman–Crippen MR) is 112 cm³/mol. The molecule has 0 N–H and O–H groups in total. The van der Waals surface area contributed by atoms with Gasteiger partial charge in [0.2, 0.25) is 0 Å². The summed E-state index contributed by atoms with van der Waals surface area (Å²) in [6.07, 6.45) is 23.3. The summed E-state index contributed by atoms with van der Waals surface area (Å²) in [7, 11) is 0. The molecule has 0 saturated carbocycles. The SMILES string of the molecule is CCCCCCCCCCCCCCCC(CC)CC.CCO[C]=O. The molecule has 0 bridgehead atoms. The normalized spacial score (nSPS) is 10.4. The van der Waals surface area contributed by atoms with Crippen molar-refractivity contribution >= 4 is 6.47 Å². The van der Waals surface area contributed by atoms with Crippen LogP contribution in [-0.2, 0) is 9.53 Å². The Hall–Kier alpha value is -0.530. The second-order valence-corrected chi connectivity index (χ2v) is 7.23. The predicted octanol–water partition coefficient (Wildman–Crippen LogP) is 7.99. The summed E-state index contributed by atoms with van der Waals surface area (Å²) in [5.74, 6) is 1.00. The van der Waals surface area contributed by atoms with Gasteiger partial charge in [0.05, 0.1) is 6.61 Å². The summed E-state index contributed by atoms with van der Waals surface area (Å²) < 4.78 is 4.03. The third kappa shape index (κ3) is 25.8. The van der Waals surface area contributed by atoms with E-state index in [0.29, 0.717) is 6.61 Å². The maximum atomic E-state index is 9.06. The van der Waals surface area contributed by atoms with Crippen molar-refractivity contribution in [3.8, 4) is 0 Å². The fraction of sp³-hybridized carbons (Fsp3) is 0.957. The van der Waals surface area contributed by atoms with Gasteiger partial charge in [-0.25, -0.2) is 4.79 Å². The summed E-state index contributed by atoms with van der Waals surface area (Å²) >= 11 is 0. The summed E-state index contributed by atoms with van der Waals surface area (Å²) in [5, 5.41) is 0. The molecule has 0 aromatic heterocycles. The number of carbonyl (C=O) groups excluding carboxylic acids is 1. The highest BCUT2D eigenvalue weighted by Crippen LogP contribution is 2.18. The van der Waals surface area contributed by atoms with Gasteiger partial charge in [-0.15, -0.1) is 0 Å². The van der Waals surface area contributed by atoms with Gasteiger partial charge in [0, 0.05) is 0 Å². The van der Waals surface area contributed by atoms with Crippen LogP contribution in [0.2, 0.25) is 0 Å². The van der Waals surface area contributed by atoms with E-state index < -0.39 is 0 Å². The Balaban J connectivity index is 0. The second-order valence-electron chi connectivity index (χ2n) is 7.23. The number of hydrogen-bond donors (Lipinski definition) is 0. The quantitative estimate of drug-likeness (QED) is 0.233. The summed E-state index contributed by atoms with van der Waals surface area (Å²) in [5.41, 5.74) is 0. The zero-order valence-electron chi connectivity index (χ0n) is 17.9. The molecule has 2 heteroatoms. The van der Waals surface area contributed by atoms with Crippen LogP contribution in [0, 0.1) is 5.92 Å². The Labute approximate surface area is 159 Å². The van der Waals surface area contributed by atoms with Crippen molar-refractivity contribution in [2.75, 3.05) is 6.61 Å². The van der Waals surface area contributed by atoms with E-state index in [4.69, 9.17) is 4.79 Å². The van der Waals surface area contributed by atoms with Gasteiger partial charge in [0.25, 0.3) is 0 Å². The Morgan fingerprint density at radius 1 is 0.640 bits per heavy atom. The first-order valence-electron chi connectivity index (χ1n) is 11.3. The number of rotatable bonds is 18. The van der Waals surface area contributed by atoms with E-state index in [1.165, 1.54) is 109 Å². The van der Waals surface area contributed by atoms with Crippen molar-refractivity contribution in [2.24, 2.45) is 5.92 Å². The Kier molecular flexibility index (Phi) is 27.5. The molecule has 0 heterocycles. The minimum Gasteiger partial charge on any atom is -0.458 e. The highest BCUT2D eigenvalue weighted by Gasteiger charge is 2.02. The van der Waals surface area contributed by atoms with Crippen LogP contribution in [0.25, 0.3) is 0 Å². The van der Waals surface area contributed by atoms with Gasteiger partial charge < -0.3 is 4.74 Å². The van der Waals surface area contributed by atoms with E-state index >= 15 is 0 Å². The van der Waals surface area contributed by atoms with Crippen LogP contribution in [0.15, 0.2) is 0 Å². The van der Waals surface area contributed by atoms with Crippen molar-refractivity contribution in [3.05, 3.63) is 0 Å². The molecule has 0 aliphatic carbocycles. The fourth-order valence-electron chi connectivity index (χ4n) is 3.21. The first-order chi connectivity index (χ1) is 12.3. The Bertz CT molecular complexity index is 224. The van der Waals surface area contributed by atoms with Gasteiger partial charge in [-0.2, -0.15) is 0 Å². The molecule has 0 aliphatic heterocycles. The molecule has 0 aromatic rings. The van der Waals surface area contributed by atoms with E-state index in [2.05, 4.69) is 25.5 Å². The smallest absolute Gasteiger partial charge is 0.417 e. The van der Waals surface area contributed by atoms with Crippen LogP contribution in [0.1, 0.15) is 130 Å². The van der Waals surface area contributed by atoms with Crippen molar-refractivity contribution in [2.45, 2.75) is 130 Å². The monoisotopic (exact) mass is 355 g/mol. The van der Waals surface area contributed by atoms with Crippen LogP contribution in [-0.4, -0.2) is 13.1 Å². The molecule has 0 atom stereocenters. The zero-order chi connectivity index (χ0) is 19.0. The first kappa shape index (κ1) is 26.7. The summed E-state index contributed by atoms with van der Waals surface area (Å²) in [6, 6.07) is 0. The maximum absolute atomic E-state index is 9.06. The zero-order valence-corrected chi connectivity index (χ0v) is 17.9. The van der Waals surface area contributed by atoms with Crippen molar-refractivity contribution < 1.29 is 9.53 Å². The van der Waals surface area contributed by atoms with Gasteiger partial charge >= 0.3 is 6.47 Å². The standard InChI is InChI=1S/C20H42.C3H5O2/c1-4-7-8-9-10-11-12-13-14-15-16-17-18-19-20(5-2)6-3;1-2-5-3-4/h20H,4-19H2,1-3H3;2H2,1H3. The molecule has 0 amide bonds. The molecule has 0 aliphatic rings. The fourth-order valence-corrected chi connectivity index (χ4v) is 3.21. The molecule has 151 valence electrons. The van der Waals surface area contributed by atoms with Crippen molar-refractivity contribution in [1.82, 2.24) is 0 Å². The number of hydrogen-bond acceptors (Lipinski definition) is 2. The van der Waals surface area contributed by atoms with E-state index in [0.717, 1.165) is 5.92 Å². The Morgan fingerprint density at radius 3 is 1.32 bits per heavy atom. The lowest BCUT2D eigenvalue weighted by Gasteiger charge is -2.11. The largest absolute Gasteiger partial charge is 0.458 e. The molecular weight excluding hydrogens is 308 g/mol. The number of ether oxygens (including phenoxy) is 1. The second kappa shape index (κ2) is 25.7. The summed E-state index contributed by atoms with van der Waals surface area (Å²) in [4.78, 5) is 9.06. The minimum absolute atomic E-state index is 0.420. The molecule has 0 rings (SSSR count). The molecule has 0 spiro atoms. The topological polar surface area (TPSA) is 26.3 Å². The lowest BCUT2D eigenvalue weighted by Crippen LogP contribution is -1.96. The minimum atomic E-state index is 0.420. The van der Waals surface area contributed by atoms with Gasteiger partial charge in [0.15, 0.2) is 0 Å². The maximum Gasteiger partial charge on any atom is 0.417 e. The highest BCUT2D eigenvalue weighted by atomic mass is 16.5. The van der Waals surface area contributed by atoms with Gasteiger partial charge in [-0.05, 0) is 12.8 Å². The third-order valence-electron chi connectivity index (χ3n) is 5.07. The van der Waals surface area contributed by atoms with Crippen LogP contribution in [0.3, 0.4) is 0 Å². The van der Waals surface area contributed by atoms with Crippen molar-refractivity contribution in [1.29, 1.82) is 0 Å². The lowest BCUT2D eigenvalue weighted by atomic mass is 9.95. The molecule has 1 radical (unpaired) electrons. The molecule has 0 aromatic carbocycles. The van der Waals surface area contributed by atoms with Crippen molar-refractivity contribution in [3.63, 3.8) is 0 Å². The molecular formula is C23H47O2.